The van der Waals surface area contributed by atoms with Crippen molar-refractivity contribution in [2.24, 2.45) is 23.5 Å². The highest BCUT2D eigenvalue weighted by Gasteiger charge is 2.35. The van der Waals surface area contributed by atoms with Gasteiger partial charge in [0, 0.05) is 23.6 Å². The van der Waals surface area contributed by atoms with Crippen LogP contribution in [0.1, 0.15) is 31.2 Å². The molecule has 0 spiro atoms. The largest absolute Gasteiger partial charge is 0.481 e. The van der Waals surface area contributed by atoms with Crippen LogP contribution in [0.15, 0.2) is 30.5 Å². The van der Waals surface area contributed by atoms with E-state index in [1.165, 1.54) is 0 Å². The lowest BCUT2D eigenvalue weighted by Crippen LogP contribution is -2.46. The molecule has 1 amide bonds. The number of rotatable bonds is 8. The standard InChI is InChI=1S/C21H28BN3O3/c22-8-7-13-5-6-14(17(9-13)21(27)28)11-25-20(26)18(23)10-15-12-24-19-4-2-1-3-16(15)19/h1-4,12-14,17-18,24H,5-11,23H2,(H,25,26)(H,27,28)/t13-,14-,17-,18-/m0/s1. The summed E-state index contributed by atoms with van der Waals surface area (Å²) in [4.78, 5) is 27.3. The fraction of sp³-hybridized carbons (Fsp3) is 0.524. The zero-order valence-corrected chi connectivity index (χ0v) is 16.1. The smallest absolute Gasteiger partial charge is 0.306 e. The van der Waals surface area contributed by atoms with E-state index >= 15 is 0 Å². The summed E-state index contributed by atoms with van der Waals surface area (Å²) in [5.74, 6) is -1.16. The maximum atomic E-state index is 12.5. The van der Waals surface area contributed by atoms with Crippen LogP contribution >= 0.6 is 0 Å². The van der Waals surface area contributed by atoms with Gasteiger partial charge in [0.05, 0.1) is 19.8 Å². The van der Waals surface area contributed by atoms with Gasteiger partial charge in [-0.3, -0.25) is 9.59 Å². The summed E-state index contributed by atoms with van der Waals surface area (Å²) < 4.78 is 0. The number of aromatic amines is 1. The maximum absolute atomic E-state index is 12.5. The molecule has 5 N–H and O–H groups in total. The normalized spacial score (nSPS) is 23.4. The summed E-state index contributed by atoms with van der Waals surface area (Å²) in [6.07, 6.45) is 6.15. The van der Waals surface area contributed by atoms with E-state index in [1.807, 2.05) is 30.5 Å². The van der Waals surface area contributed by atoms with Gasteiger partial charge in [-0.1, -0.05) is 37.4 Å². The first-order chi connectivity index (χ1) is 13.5. The fourth-order valence-corrected chi connectivity index (χ4v) is 4.36. The number of fused-ring (bicyclic) bond motifs is 1. The Bertz CT molecular complexity index is 822. The highest BCUT2D eigenvalue weighted by Crippen LogP contribution is 2.36. The number of amides is 1. The van der Waals surface area contributed by atoms with Crippen molar-refractivity contribution >= 4 is 30.6 Å². The first-order valence-corrected chi connectivity index (χ1v) is 10.0. The molecule has 7 heteroatoms. The van der Waals surface area contributed by atoms with Gasteiger partial charge in [-0.15, -0.1) is 0 Å². The van der Waals surface area contributed by atoms with Crippen LogP contribution in [0.2, 0.25) is 6.32 Å². The first-order valence-electron chi connectivity index (χ1n) is 10.0. The summed E-state index contributed by atoms with van der Waals surface area (Å²) in [5, 5.41) is 13.5. The number of hydrogen-bond donors (Lipinski definition) is 4. The third-order valence-corrected chi connectivity index (χ3v) is 5.98. The molecule has 1 aliphatic carbocycles. The molecule has 0 unspecified atom stereocenters. The lowest BCUT2D eigenvalue weighted by molar-refractivity contribution is -0.146. The Labute approximate surface area is 166 Å². The molecule has 1 heterocycles. The highest BCUT2D eigenvalue weighted by molar-refractivity contribution is 6.08. The molecule has 0 aliphatic heterocycles. The van der Waals surface area contributed by atoms with Gasteiger partial charge in [0.1, 0.15) is 0 Å². The number of aromatic nitrogens is 1. The van der Waals surface area contributed by atoms with E-state index in [1.54, 1.807) is 0 Å². The molecule has 1 aliphatic rings. The van der Waals surface area contributed by atoms with Crippen LogP contribution in [0, 0.1) is 17.8 Å². The quantitative estimate of drug-likeness (QED) is 0.526. The van der Waals surface area contributed by atoms with E-state index < -0.39 is 17.9 Å². The predicted molar refractivity (Wildman–Crippen MR) is 110 cm³/mol. The Morgan fingerprint density at radius 2 is 2.11 bits per heavy atom. The van der Waals surface area contributed by atoms with Gasteiger partial charge in [0.2, 0.25) is 5.91 Å². The van der Waals surface area contributed by atoms with Crippen molar-refractivity contribution in [3.63, 3.8) is 0 Å². The topological polar surface area (TPSA) is 108 Å². The monoisotopic (exact) mass is 381 g/mol. The lowest BCUT2D eigenvalue weighted by atomic mass is 9.71. The summed E-state index contributed by atoms with van der Waals surface area (Å²) in [6.45, 7) is 0.354. The molecule has 1 aromatic carbocycles. The Balaban J connectivity index is 1.54. The second-order valence-corrected chi connectivity index (χ2v) is 7.88. The summed E-state index contributed by atoms with van der Waals surface area (Å²) in [6, 6.07) is 7.23. The van der Waals surface area contributed by atoms with Crippen LogP contribution in [-0.2, 0) is 16.0 Å². The van der Waals surface area contributed by atoms with Crippen LogP contribution in [-0.4, -0.2) is 42.4 Å². The van der Waals surface area contributed by atoms with Gasteiger partial charge in [0.25, 0.3) is 0 Å². The highest BCUT2D eigenvalue weighted by atomic mass is 16.4. The number of benzene rings is 1. The molecule has 0 saturated heterocycles. The number of carbonyl (C=O) groups is 2. The van der Waals surface area contributed by atoms with E-state index in [0.717, 1.165) is 35.7 Å². The molecule has 3 rings (SSSR count). The van der Waals surface area contributed by atoms with Crippen molar-refractivity contribution in [1.82, 2.24) is 10.3 Å². The molecule has 1 aromatic heterocycles. The Kier molecular flexibility index (Phi) is 6.78. The van der Waals surface area contributed by atoms with Gasteiger partial charge >= 0.3 is 5.97 Å². The van der Waals surface area contributed by atoms with Gasteiger partial charge < -0.3 is 21.1 Å². The molecule has 2 aromatic rings. The third-order valence-electron chi connectivity index (χ3n) is 5.98. The van der Waals surface area contributed by atoms with Crippen molar-refractivity contribution in [3.05, 3.63) is 36.0 Å². The molecular formula is C21H28BN3O3. The van der Waals surface area contributed by atoms with Crippen LogP contribution in [0.25, 0.3) is 10.9 Å². The van der Waals surface area contributed by atoms with Crippen molar-refractivity contribution in [2.75, 3.05) is 6.54 Å². The fourth-order valence-electron chi connectivity index (χ4n) is 4.36. The van der Waals surface area contributed by atoms with Crippen molar-refractivity contribution < 1.29 is 14.7 Å². The Morgan fingerprint density at radius 1 is 1.32 bits per heavy atom. The number of carboxylic acid groups (broad SMARTS) is 1. The number of nitrogens with one attached hydrogen (secondary N) is 2. The number of hydrogen-bond acceptors (Lipinski definition) is 3. The Hall–Kier alpha value is -2.28. The van der Waals surface area contributed by atoms with Crippen molar-refractivity contribution in [3.8, 4) is 0 Å². The number of aliphatic carboxylic acids is 1. The van der Waals surface area contributed by atoms with E-state index in [4.69, 9.17) is 13.6 Å². The van der Waals surface area contributed by atoms with E-state index in [9.17, 15) is 14.7 Å². The Morgan fingerprint density at radius 3 is 2.86 bits per heavy atom. The first kappa shape index (κ1) is 20.5. The number of nitrogens with two attached hydrogens (primary N) is 1. The molecule has 148 valence electrons. The molecule has 6 nitrogen and oxygen atoms in total. The number of carbonyl (C=O) groups excluding carboxylic acids is 1. The average molecular weight is 381 g/mol. The van der Waals surface area contributed by atoms with E-state index in [2.05, 4.69) is 10.3 Å². The molecule has 0 bridgehead atoms. The van der Waals surface area contributed by atoms with Crippen LogP contribution in [0.3, 0.4) is 0 Å². The summed E-state index contributed by atoms with van der Waals surface area (Å²) in [7, 11) is 5.62. The second kappa shape index (κ2) is 9.28. The number of carboxylic acids is 1. The predicted octanol–water partition coefficient (Wildman–Crippen LogP) is 2.25. The zero-order valence-electron chi connectivity index (χ0n) is 16.1. The minimum Gasteiger partial charge on any atom is -0.481 e. The molecule has 1 saturated carbocycles. The van der Waals surface area contributed by atoms with Crippen LogP contribution in [0.5, 0.6) is 0 Å². The van der Waals surface area contributed by atoms with Gasteiger partial charge in [-0.05, 0) is 42.7 Å². The minimum atomic E-state index is -0.788. The second-order valence-electron chi connectivity index (χ2n) is 7.88. The van der Waals surface area contributed by atoms with Gasteiger partial charge in [0.15, 0.2) is 0 Å². The summed E-state index contributed by atoms with van der Waals surface area (Å²) >= 11 is 0. The number of H-pyrrole nitrogens is 1. The average Bonchev–Trinajstić information content (AvgIpc) is 3.09. The molecule has 2 radical (unpaired) electrons. The molecule has 4 atom stereocenters. The van der Waals surface area contributed by atoms with Gasteiger partial charge in [-0.25, -0.2) is 0 Å². The lowest BCUT2D eigenvalue weighted by Gasteiger charge is -2.34. The third kappa shape index (κ3) is 4.76. The van der Waals surface area contributed by atoms with Crippen LogP contribution < -0.4 is 11.1 Å². The molecule has 1 fully saturated rings. The van der Waals surface area contributed by atoms with Crippen LogP contribution in [0.4, 0.5) is 0 Å². The summed E-state index contributed by atoms with van der Waals surface area (Å²) in [5.41, 5.74) is 8.14. The van der Waals surface area contributed by atoms with E-state index in [0.29, 0.717) is 31.6 Å². The maximum Gasteiger partial charge on any atom is 0.306 e. The van der Waals surface area contributed by atoms with Gasteiger partial charge in [-0.2, -0.15) is 0 Å². The molecular weight excluding hydrogens is 353 g/mol. The van der Waals surface area contributed by atoms with Crippen molar-refractivity contribution in [1.29, 1.82) is 0 Å². The van der Waals surface area contributed by atoms with Crippen molar-refractivity contribution in [2.45, 2.75) is 44.5 Å². The molecule has 28 heavy (non-hydrogen) atoms. The zero-order chi connectivity index (χ0) is 20.1. The SMILES string of the molecule is [B]CC[C@@H]1CC[C@@H](CNC(=O)[C@@H](N)Cc2c[nH]c3ccccc23)[C@@H](C(=O)O)C1. The minimum absolute atomic E-state index is 0.0595. The van der Waals surface area contributed by atoms with E-state index in [-0.39, 0.29) is 11.8 Å². The number of para-hydroxylation sites is 1.